The molecule has 1 aliphatic rings. The molecule has 0 radical (unpaired) electrons. The predicted octanol–water partition coefficient (Wildman–Crippen LogP) is 2.96. The molecule has 1 unspecified atom stereocenters. The number of non-ortho nitro benzene ring substituents is 1. The van der Waals surface area contributed by atoms with Crippen LogP contribution in [0.15, 0.2) is 42.5 Å². The number of para-hydroxylation sites is 1. The Labute approximate surface area is 154 Å². The number of anilines is 1. The smallest absolute Gasteiger partial charge is 0.270 e. The summed E-state index contributed by atoms with van der Waals surface area (Å²) in [5.41, 5.74) is 1.22. The van der Waals surface area contributed by atoms with E-state index in [-0.39, 0.29) is 22.2 Å². The van der Waals surface area contributed by atoms with Gasteiger partial charge in [0.2, 0.25) is 5.91 Å². The number of halogens is 1. The summed E-state index contributed by atoms with van der Waals surface area (Å²) >= 11 is 6.12. The zero-order valence-electron chi connectivity index (χ0n) is 13.9. The van der Waals surface area contributed by atoms with Crippen molar-refractivity contribution in [3.05, 3.63) is 68.7 Å². The first-order chi connectivity index (χ1) is 12.4. The average molecular weight is 374 g/mol. The number of fused-ring (bicyclic) bond motifs is 1. The zero-order chi connectivity index (χ0) is 18.8. The summed E-state index contributed by atoms with van der Waals surface area (Å²) in [6.45, 7) is 2.23. The lowest BCUT2D eigenvalue weighted by atomic mass is 10.1. The molecule has 3 rings (SSSR count). The second-order valence-corrected chi connectivity index (χ2v) is 6.25. The van der Waals surface area contributed by atoms with Crippen molar-refractivity contribution in [3.8, 4) is 0 Å². The maximum absolute atomic E-state index is 13.2. The fourth-order valence-corrected chi connectivity index (χ4v) is 3.26. The van der Waals surface area contributed by atoms with Crippen molar-refractivity contribution < 1.29 is 14.5 Å². The lowest BCUT2D eigenvalue weighted by Crippen LogP contribution is -2.48. The third-order valence-electron chi connectivity index (χ3n) is 4.24. The number of nitro benzene ring substituents is 1. The first-order valence-corrected chi connectivity index (χ1v) is 8.45. The molecule has 1 aliphatic heterocycles. The van der Waals surface area contributed by atoms with Crippen molar-refractivity contribution in [2.75, 3.05) is 11.4 Å². The van der Waals surface area contributed by atoms with Gasteiger partial charge in [-0.05, 0) is 24.6 Å². The molecule has 8 heteroatoms. The van der Waals surface area contributed by atoms with E-state index in [4.69, 9.17) is 11.6 Å². The highest BCUT2D eigenvalue weighted by atomic mass is 35.5. The summed E-state index contributed by atoms with van der Waals surface area (Å²) in [7, 11) is 0. The third kappa shape index (κ3) is 3.13. The van der Waals surface area contributed by atoms with Crippen LogP contribution in [0.4, 0.5) is 11.4 Å². The molecule has 0 fully saturated rings. The van der Waals surface area contributed by atoms with Gasteiger partial charge in [0.05, 0.1) is 15.5 Å². The molecule has 0 spiro atoms. The molecule has 2 amide bonds. The monoisotopic (exact) mass is 373 g/mol. The highest BCUT2D eigenvalue weighted by molar-refractivity contribution is 6.35. The predicted molar refractivity (Wildman–Crippen MR) is 97.5 cm³/mol. The molecule has 0 bridgehead atoms. The maximum atomic E-state index is 13.2. The van der Waals surface area contributed by atoms with Crippen LogP contribution in [0.1, 0.15) is 22.8 Å². The van der Waals surface area contributed by atoms with Crippen LogP contribution in [0.2, 0.25) is 5.02 Å². The van der Waals surface area contributed by atoms with Gasteiger partial charge in [-0.1, -0.05) is 29.8 Å². The van der Waals surface area contributed by atoms with Crippen LogP contribution < -0.4 is 10.2 Å². The van der Waals surface area contributed by atoms with Crippen LogP contribution in [-0.4, -0.2) is 29.3 Å². The van der Waals surface area contributed by atoms with Crippen molar-refractivity contribution in [3.63, 3.8) is 0 Å². The van der Waals surface area contributed by atoms with E-state index in [9.17, 15) is 19.7 Å². The number of carbonyl (C=O) groups is 2. The molecule has 1 N–H and O–H groups in total. The lowest BCUT2D eigenvalue weighted by molar-refractivity contribution is -0.384. The van der Waals surface area contributed by atoms with Gasteiger partial charge in [-0.25, -0.2) is 0 Å². The van der Waals surface area contributed by atoms with Crippen molar-refractivity contribution in [2.45, 2.75) is 19.4 Å². The Morgan fingerprint density at radius 3 is 2.73 bits per heavy atom. The molecule has 0 saturated heterocycles. The van der Waals surface area contributed by atoms with E-state index in [1.54, 1.807) is 19.1 Å². The molecule has 2 aromatic rings. The number of likely N-dealkylation sites (N-methyl/N-ethyl adjacent to an activating group) is 1. The van der Waals surface area contributed by atoms with E-state index >= 15 is 0 Å². The lowest BCUT2D eigenvalue weighted by Gasteiger charge is -2.25. The normalized spacial score (nSPS) is 15.5. The van der Waals surface area contributed by atoms with Crippen molar-refractivity contribution in [1.82, 2.24) is 5.32 Å². The first-order valence-electron chi connectivity index (χ1n) is 8.07. The van der Waals surface area contributed by atoms with E-state index in [0.717, 1.165) is 11.6 Å². The van der Waals surface area contributed by atoms with Crippen LogP contribution in [0.3, 0.4) is 0 Å². The number of hydrogen-bond acceptors (Lipinski definition) is 4. The topological polar surface area (TPSA) is 92.6 Å². The Morgan fingerprint density at radius 1 is 1.31 bits per heavy atom. The average Bonchev–Trinajstić information content (AvgIpc) is 3.01. The Hall–Kier alpha value is -2.93. The molecule has 0 saturated carbocycles. The van der Waals surface area contributed by atoms with Crippen LogP contribution in [0, 0.1) is 10.1 Å². The van der Waals surface area contributed by atoms with Gasteiger partial charge >= 0.3 is 0 Å². The van der Waals surface area contributed by atoms with Gasteiger partial charge in [-0.2, -0.15) is 0 Å². The molecule has 134 valence electrons. The van der Waals surface area contributed by atoms with Crippen molar-refractivity contribution >= 4 is 34.8 Å². The van der Waals surface area contributed by atoms with Gasteiger partial charge in [0.25, 0.3) is 11.6 Å². The molecule has 26 heavy (non-hydrogen) atoms. The quantitative estimate of drug-likeness (QED) is 0.658. The summed E-state index contributed by atoms with van der Waals surface area (Å²) in [4.78, 5) is 37.5. The van der Waals surface area contributed by atoms with E-state index in [1.165, 1.54) is 17.0 Å². The molecule has 2 aromatic carbocycles. The number of rotatable bonds is 4. The summed E-state index contributed by atoms with van der Waals surface area (Å²) in [5.74, 6) is -0.821. The van der Waals surface area contributed by atoms with Gasteiger partial charge in [-0.15, -0.1) is 0 Å². The van der Waals surface area contributed by atoms with Gasteiger partial charge in [0, 0.05) is 30.8 Å². The molecular formula is C18H16ClN3O4. The molecule has 0 aliphatic carbocycles. The second-order valence-electron chi connectivity index (χ2n) is 5.84. The highest BCUT2D eigenvalue weighted by Crippen LogP contribution is 2.35. The number of carbonyl (C=O) groups excluding carboxylic acids is 2. The Kier molecular flexibility index (Phi) is 4.90. The van der Waals surface area contributed by atoms with Crippen LogP contribution in [0.5, 0.6) is 0 Å². The minimum absolute atomic E-state index is 0.00753. The molecule has 7 nitrogen and oxygen atoms in total. The second kappa shape index (κ2) is 7.13. The Bertz CT molecular complexity index is 900. The minimum Gasteiger partial charge on any atom is -0.355 e. The number of nitro groups is 1. The number of nitrogens with zero attached hydrogens (tertiary/aromatic N) is 2. The van der Waals surface area contributed by atoms with E-state index in [0.29, 0.717) is 18.7 Å². The van der Waals surface area contributed by atoms with Crippen LogP contribution >= 0.6 is 11.6 Å². The number of amides is 2. The molecular weight excluding hydrogens is 358 g/mol. The van der Waals surface area contributed by atoms with Gasteiger partial charge < -0.3 is 5.32 Å². The minimum atomic E-state index is -0.727. The number of nitrogens with one attached hydrogen (secondary N) is 1. The fourth-order valence-electron chi connectivity index (χ4n) is 3.06. The van der Waals surface area contributed by atoms with E-state index < -0.39 is 16.9 Å². The van der Waals surface area contributed by atoms with E-state index in [1.807, 2.05) is 12.1 Å². The van der Waals surface area contributed by atoms with Gasteiger partial charge in [-0.3, -0.25) is 24.6 Å². The Balaban J connectivity index is 2.06. The van der Waals surface area contributed by atoms with Crippen LogP contribution in [-0.2, 0) is 11.2 Å². The number of hydrogen-bond donors (Lipinski definition) is 1. The SMILES string of the molecule is CCNC(=O)C1Cc2ccccc2N1C(=O)c1cc([N+](=O)[O-])ccc1Cl. The van der Waals surface area contributed by atoms with Crippen molar-refractivity contribution in [2.24, 2.45) is 0 Å². The maximum Gasteiger partial charge on any atom is 0.270 e. The summed E-state index contributed by atoms with van der Waals surface area (Å²) in [6, 6.07) is 10.2. The summed E-state index contributed by atoms with van der Waals surface area (Å²) in [6.07, 6.45) is 0.375. The summed E-state index contributed by atoms with van der Waals surface area (Å²) in [5, 5.41) is 13.9. The third-order valence-corrected chi connectivity index (χ3v) is 4.57. The standard InChI is InChI=1S/C18H16ClN3O4/c1-2-20-17(23)16-9-11-5-3-4-6-15(11)21(16)18(24)13-10-12(22(25)26)7-8-14(13)19/h3-8,10,16H,2,9H2,1H3,(H,20,23). The Morgan fingerprint density at radius 2 is 2.04 bits per heavy atom. The first kappa shape index (κ1) is 17.9. The van der Waals surface area contributed by atoms with E-state index in [2.05, 4.69) is 5.32 Å². The number of benzene rings is 2. The molecule has 0 aromatic heterocycles. The zero-order valence-corrected chi connectivity index (χ0v) is 14.7. The van der Waals surface area contributed by atoms with Crippen molar-refractivity contribution in [1.29, 1.82) is 0 Å². The summed E-state index contributed by atoms with van der Waals surface area (Å²) < 4.78 is 0. The van der Waals surface area contributed by atoms with Crippen LogP contribution in [0.25, 0.3) is 0 Å². The van der Waals surface area contributed by atoms with Gasteiger partial charge in [0.1, 0.15) is 6.04 Å². The molecule has 1 atom stereocenters. The fraction of sp³-hybridized carbons (Fsp3) is 0.222. The largest absolute Gasteiger partial charge is 0.355 e. The highest BCUT2D eigenvalue weighted by Gasteiger charge is 2.39. The molecule has 1 heterocycles. The van der Waals surface area contributed by atoms with Gasteiger partial charge in [0.15, 0.2) is 0 Å².